The van der Waals surface area contributed by atoms with E-state index in [9.17, 15) is 13.2 Å². The molecule has 0 saturated carbocycles. The Labute approximate surface area is 159 Å². The highest BCUT2D eigenvalue weighted by Crippen LogP contribution is 2.32. The largest absolute Gasteiger partial charge is 0.494 e. The lowest BCUT2D eigenvalue weighted by atomic mass is 10.3. The topological polar surface area (TPSA) is 136 Å². The second-order valence-electron chi connectivity index (χ2n) is 5.48. The minimum absolute atomic E-state index is 0.0387. The molecule has 0 bridgehead atoms. The minimum atomic E-state index is -3.96. The summed E-state index contributed by atoms with van der Waals surface area (Å²) >= 11 is 0. The van der Waals surface area contributed by atoms with E-state index >= 15 is 0 Å². The van der Waals surface area contributed by atoms with Crippen LogP contribution < -0.4 is 15.4 Å². The number of H-pyrrole nitrogens is 1. The number of aromatic nitrogens is 2. The molecule has 0 fully saturated rings. The highest BCUT2D eigenvalue weighted by molar-refractivity contribution is 7.89. The first-order valence-electron chi connectivity index (χ1n) is 7.75. The van der Waals surface area contributed by atoms with Crippen molar-refractivity contribution < 1.29 is 13.2 Å². The van der Waals surface area contributed by atoms with Crippen molar-refractivity contribution in [3.05, 3.63) is 70.3 Å². The molecule has 3 aromatic rings. The first kappa shape index (κ1) is 19.0. The SMILES string of the molecule is [C-]#[N+]c1[nH]n(-c2ccccc2)c(=O)c1N=Nc1cc(S(N)(=O)=O)ccc1OC. The molecule has 28 heavy (non-hydrogen) atoms. The average molecular weight is 398 g/mol. The lowest BCUT2D eigenvalue weighted by Crippen LogP contribution is -2.13. The molecule has 0 aliphatic heterocycles. The van der Waals surface area contributed by atoms with Gasteiger partial charge in [0.25, 0.3) is 5.82 Å². The number of benzene rings is 2. The lowest BCUT2D eigenvalue weighted by molar-refractivity contribution is 0.415. The molecular formula is C17H14N6O4S. The van der Waals surface area contributed by atoms with Crippen molar-refractivity contribution >= 4 is 27.2 Å². The van der Waals surface area contributed by atoms with Gasteiger partial charge in [-0.05, 0) is 30.3 Å². The predicted octanol–water partition coefficient (Wildman–Crippen LogP) is 2.79. The second kappa shape index (κ2) is 7.47. The van der Waals surface area contributed by atoms with Gasteiger partial charge in [-0.3, -0.25) is 4.79 Å². The Morgan fingerprint density at radius 3 is 2.50 bits per heavy atom. The molecule has 0 amide bonds. The van der Waals surface area contributed by atoms with Gasteiger partial charge in [-0.15, -0.1) is 5.11 Å². The molecule has 0 atom stereocenters. The number of sulfonamides is 1. The zero-order chi connectivity index (χ0) is 20.3. The molecule has 142 valence electrons. The van der Waals surface area contributed by atoms with Crippen LogP contribution in [0.25, 0.3) is 10.5 Å². The number of methoxy groups -OCH3 is 1. The number of primary sulfonamides is 1. The Morgan fingerprint density at radius 2 is 1.89 bits per heavy atom. The summed E-state index contributed by atoms with van der Waals surface area (Å²) < 4.78 is 29.4. The van der Waals surface area contributed by atoms with Crippen molar-refractivity contribution in [2.75, 3.05) is 7.11 Å². The summed E-state index contributed by atoms with van der Waals surface area (Å²) in [5, 5.41) is 15.5. The number of para-hydroxylation sites is 1. The van der Waals surface area contributed by atoms with Crippen molar-refractivity contribution in [2.45, 2.75) is 4.90 Å². The van der Waals surface area contributed by atoms with Gasteiger partial charge in [0.2, 0.25) is 10.0 Å². The van der Waals surface area contributed by atoms with Crippen LogP contribution in [0.3, 0.4) is 0 Å². The number of nitrogens with one attached hydrogen (secondary N) is 1. The summed E-state index contributed by atoms with van der Waals surface area (Å²) in [4.78, 5) is 15.7. The summed E-state index contributed by atoms with van der Waals surface area (Å²) in [7, 11) is -2.59. The fraction of sp³-hybridized carbons (Fsp3) is 0.0588. The number of hydrogen-bond donors (Lipinski definition) is 2. The molecule has 0 saturated heterocycles. The highest BCUT2D eigenvalue weighted by Gasteiger charge is 2.17. The van der Waals surface area contributed by atoms with Crippen LogP contribution >= 0.6 is 0 Å². The van der Waals surface area contributed by atoms with E-state index in [1.54, 1.807) is 30.3 Å². The zero-order valence-corrected chi connectivity index (χ0v) is 15.3. The van der Waals surface area contributed by atoms with Gasteiger partial charge in [0.05, 0.1) is 17.7 Å². The van der Waals surface area contributed by atoms with E-state index in [0.29, 0.717) is 5.69 Å². The molecule has 0 spiro atoms. The molecule has 11 heteroatoms. The monoisotopic (exact) mass is 398 g/mol. The summed E-state index contributed by atoms with van der Waals surface area (Å²) in [6.45, 7) is 7.25. The van der Waals surface area contributed by atoms with Gasteiger partial charge in [-0.2, -0.15) is 9.80 Å². The molecule has 3 N–H and O–H groups in total. The van der Waals surface area contributed by atoms with E-state index in [2.05, 4.69) is 20.2 Å². The maximum atomic E-state index is 12.6. The van der Waals surface area contributed by atoms with Gasteiger partial charge in [0.1, 0.15) is 11.4 Å². The second-order valence-corrected chi connectivity index (χ2v) is 7.04. The number of aromatic amines is 1. The summed E-state index contributed by atoms with van der Waals surface area (Å²) in [5.74, 6) is 0.110. The molecule has 0 aliphatic carbocycles. The van der Waals surface area contributed by atoms with Crippen LogP contribution in [0.5, 0.6) is 5.75 Å². The zero-order valence-electron chi connectivity index (χ0n) is 14.5. The predicted molar refractivity (Wildman–Crippen MR) is 101 cm³/mol. The third-order valence-corrected chi connectivity index (χ3v) is 4.62. The number of nitrogens with zero attached hydrogens (tertiary/aromatic N) is 4. The standard InChI is InChI=1S/C17H14N6O4S/c1-19-16-15(17(24)23(22-16)11-6-4-3-5-7-11)21-20-13-10-12(28(18,25)26)8-9-14(13)27-2/h3-10,22H,2H3,(H2,18,25,26). The Kier molecular flexibility index (Phi) is 5.08. The Hall–Kier alpha value is -3.75. The van der Waals surface area contributed by atoms with Crippen molar-refractivity contribution in [3.63, 3.8) is 0 Å². The minimum Gasteiger partial charge on any atom is -0.494 e. The van der Waals surface area contributed by atoms with Gasteiger partial charge in [-0.1, -0.05) is 24.8 Å². The molecule has 1 aromatic heterocycles. The summed E-state index contributed by atoms with van der Waals surface area (Å²) in [6.07, 6.45) is 0. The van der Waals surface area contributed by atoms with Gasteiger partial charge in [-0.25, -0.2) is 18.7 Å². The molecule has 0 unspecified atom stereocenters. The molecule has 1 heterocycles. The highest BCUT2D eigenvalue weighted by atomic mass is 32.2. The van der Waals surface area contributed by atoms with E-state index in [0.717, 1.165) is 6.07 Å². The maximum Gasteiger partial charge on any atom is 0.303 e. The summed E-state index contributed by atoms with van der Waals surface area (Å²) in [5.41, 5.74) is -0.242. The van der Waals surface area contributed by atoms with Crippen molar-refractivity contribution in [1.82, 2.24) is 9.78 Å². The fourth-order valence-electron chi connectivity index (χ4n) is 2.37. The molecule has 2 aromatic carbocycles. The smallest absolute Gasteiger partial charge is 0.303 e. The first-order valence-corrected chi connectivity index (χ1v) is 9.30. The maximum absolute atomic E-state index is 12.6. The van der Waals surface area contributed by atoms with Crippen molar-refractivity contribution in [1.29, 1.82) is 0 Å². The summed E-state index contributed by atoms with van der Waals surface area (Å²) in [6, 6.07) is 12.4. The number of azo groups is 1. The lowest BCUT2D eigenvalue weighted by Gasteiger charge is -2.05. The van der Waals surface area contributed by atoms with Gasteiger partial charge < -0.3 is 9.58 Å². The molecule has 0 aliphatic rings. The van der Waals surface area contributed by atoms with Gasteiger partial charge in [0, 0.05) is 0 Å². The van der Waals surface area contributed by atoms with Crippen LogP contribution in [0.4, 0.5) is 17.2 Å². The molecule has 10 nitrogen and oxygen atoms in total. The quantitative estimate of drug-likeness (QED) is 0.504. The fourth-order valence-corrected chi connectivity index (χ4v) is 2.91. The Bertz CT molecular complexity index is 1250. The first-order chi connectivity index (χ1) is 13.3. The van der Waals surface area contributed by atoms with Crippen LogP contribution in [0.1, 0.15) is 0 Å². The van der Waals surface area contributed by atoms with E-state index in [1.807, 2.05) is 0 Å². The average Bonchev–Trinajstić information content (AvgIpc) is 3.01. The Morgan fingerprint density at radius 1 is 1.18 bits per heavy atom. The molecular weight excluding hydrogens is 384 g/mol. The molecule has 3 rings (SSSR count). The van der Waals surface area contributed by atoms with E-state index in [-0.39, 0.29) is 27.8 Å². The number of nitrogens with two attached hydrogens (primary N) is 1. The normalized spacial score (nSPS) is 11.5. The Balaban J connectivity index is 2.10. The van der Waals surface area contributed by atoms with Crippen LogP contribution in [-0.2, 0) is 10.0 Å². The van der Waals surface area contributed by atoms with E-state index < -0.39 is 15.6 Å². The number of ether oxygens (including phenoxy) is 1. The van der Waals surface area contributed by atoms with Crippen LogP contribution in [0.2, 0.25) is 0 Å². The third-order valence-electron chi connectivity index (χ3n) is 3.71. The third kappa shape index (κ3) is 3.68. The van der Waals surface area contributed by atoms with Gasteiger partial charge >= 0.3 is 5.56 Å². The van der Waals surface area contributed by atoms with Crippen molar-refractivity contribution in [3.8, 4) is 11.4 Å². The molecule has 0 radical (unpaired) electrons. The van der Waals surface area contributed by atoms with Crippen molar-refractivity contribution in [2.24, 2.45) is 15.4 Å². The number of hydrogen-bond acceptors (Lipinski definition) is 6. The van der Waals surface area contributed by atoms with Gasteiger partial charge in [0.15, 0.2) is 5.69 Å². The van der Waals surface area contributed by atoms with E-state index in [1.165, 1.54) is 23.9 Å². The van der Waals surface area contributed by atoms with Crippen LogP contribution in [0, 0.1) is 6.57 Å². The van der Waals surface area contributed by atoms with E-state index in [4.69, 9.17) is 16.4 Å². The van der Waals surface area contributed by atoms with Crippen LogP contribution in [0.15, 0.2) is 68.4 Å². The van der Waals surface area contributed by atoms with Crippen LogP contribution in [-0.4, -0.2) is 25.3 Å². The number of rotatable bonds is 5.